The van der Waals surface area contributed by atoms with Gasteiger partial charge in [0.05, 0.1) is 17.4 Å². The molecule has 0 bridgehead atoms. The van der Waals surface area contributed by atoms with Crippen molar-refractivity contribution >= 4 is 43.9 Å². The number of aryl methyl sites for hydroxylation is 1. The standard InChI is InChI=1S/C22H17N5O3S/c1-13-6-11-16(30-13)12-23-19(28)14-7-9-15(10-8-14)24-21-26-27-20(29)17-4-2-3-5-18(17)25-22(27)31-21/h2-11H,12H2,1H3,(H,23,28)(H,24,26). The Morgan fingerprint density at radius 2 is 1.90 bits per heavy atom. The minimum atomic E-state index is -0.205. The number of fused-ring (bicyclic) bond motifs is 2. The molecule has 0 spiro atoms. The molecule has 0 aliphatic heterocycles. The lowest BCUT2D eigenvalue weighted by molar-refractivity contribution is 0.0948. The van der Waals surface area contributed by atoms with Gasteiger partial charge in [-0.2, -0.15) is 4.52 Å². The summed E-state index contributed by atoms with van der Waals surface area (Å²) in [6.45, 7) is 2.19. The van der Waals surface area contributed by atoms with Gasteiger partial charge in [0.2, 0.25) is 10.1 Å². The third-order valence-electron chi connectivity index (χ3n) is 4.72. The van der Waals surface area contributed by atoms with Crippen molar-refractivity contribution in [3.63, 3.8) is 0 Å². The first-order chi connectivity index (χ1) is 15.1. The highest BCUT2D eigenvalue weighted by Crippen LogP contribution is 2.23. The number of benzene rings is 2. The summed E-state index contributed by atoms with van der Waals surface area (Å²) >= 11 is 1.28. The second-order valence-corrected chi connectivity index (χ2v) is 7.89. The molecule has 0 unspecified atom stereocenters. The highest BCUT2D eigenvalue weighted by Gasteiger charge is 2.11. The lowest BCUT2D eigenvalue weighted by Gasteiger charge is -2.05. The minimum absolute atomic E-state index is 0.192. The van der Waals surface area contributed by atoms with Gasteiger partial charge in [-0.1, -0.05) is 23.5 Å². The van der Waals surface area contributed by atoms with Crippen LogP contribution in [0.1, 0.15) is 21.9 Å². The molecule has 0 saturated heterocycles. The Hall–Kier alpha value is -3.98. The SMILES string of the molecule is Cc1ccc(CNC(=O)c2ccc(Nc3nn4c(=O)c5ccccc5nc4s3)cc2)o1. The van der Waals surface area contributed by atoms with Crippen LogP contribution in [0.5, 0.6) is 0 Å². The minimum Gasteiger partial charge on any atom is -0.465 e. The van der Waals surface area contributed by atoms with E-state index in [1.807, 2.05) is 25.1 Å². The van der Waals surface area contributed by atoms with Crippen molar-refractivity contribution in [3.05, 3.63) is 88.1 Å². The van der Waals surface area contributed by atoms with Crippen LogP contribution in [0.3, 0.4) is 0 Å². The number of furan rings is 1. The molecule has 5 aromatic rings. The van der Waals surface area contributed by atoms with Crippen molar-refractivity contribution in [2.75, 3.05) is 5.32 Å². The molecule has 31 heavy (non-hydrogen) atoms. The van der Waals surface area contributed by atoms with Crippen molar-refractivity contribution in [1.82, 2.24) is 19.9 Å². The van der Waals surface area contributed by atoms with E-state index in [-0.39, 0.29) is 11.5 Å². The maximum Gasteiger partial charge on any atom is 0.283 e. The number of hydrogen-bond donors (Lipinski definition) is 2. The monoisotopic (exact) mass is 431 g/mol. The summed E-state index contributed by atoms with van der Waals surface area (Å²) in [6, 6.07) is 17.9. The maximum absolute atomic E-state index is 12.6. The molecule has 0 saturated carbocycles. The predicted molar refractivity (Wildman–Crippen MR) is 119 cm³/mol. The van der Waals surface area contributed by atoms with Crippen LogP contribution in [-0.4, -0.2) is 20.5 Å². The fraction of sp³-hybridized carbons (Fsp3) is 0.0909. The third kappa shape index (κ3) is 3.78. The number of aromatic nitrogens is 3. The quantitative estimate of drug-likeness (QED) is 0.438. The zero-order valence-corrected chi connectivity index (χ0v) is 17.3. The van der Waals surface area contributed by atoms with E-state index >= 15 is 0 Å². The number of hydrogen-bond acceptors (Lipinski definition) is 7. The van der Waals surface area contributed by atoms with Gasteiger partial charge in [-0.05, 0) is 55.5 Å². The molecule has 154 valence electrons. The van der Waals surface area contributed by atoms with E-state index in [0.717, 1.165) is 11.4 Å². The Morgan fingerprint density at radius 3 is 2.68 bits per heavy atom. The molecular weight excluding hydrogens is 414 g/mol. The second kappa shape index (κ2) is 7.69. The molecule has 5 rings (SSSR count). The first-order valence-electron chi connectivity index (χ1n) is 9.56. The van der Waals surface area contributed by atoms with E-state index in [4.69, 9.17) is 4.42 Å². The molecule has 2 N–H and O–H groups in total. The number of anilines is 2. The van der Waals surface area contributed by atoms with E-state index in [0.29, 0.717) is 38.9 Å². The molecular formula is C22H17N5O3S. The first-order valence-corrected chi connectivity index (χ1v) is 10.4. The van der Waals surface area contributed by atoms with E-state index in [9.17, 15) is 9.59 Å². The summed E-state index contributed by atoms with van der Waals surface area (Å²) in [5.41, 5.74) is 1.71. The van der Waals surface area contributed by atoms with Gasteiger partial charge >= 0.3 is 0 Å². The number of para-hydroxylation sites is 1. The van der Waals surface area contributed by atoms with Gasteiger partial charge in [0.1, 0.15) is 11.5 Å². The lowest BCUT2D eigenvalue weighted by atomic mass is 10.2. The molecule has 3 heterocycles. The van der Waals surface area contributed by atoms with Crippen LogP contribution in [0.25, 0.3) is 15.9 Å². The van der Waals surface area contributed by atoms with Gasteiger partial charge in [-0.15, -0.1) is 5.10 Å². The molecule has 2 aromatic carbocycles. The van der Waals surface area contributed by atoms with Gasteiger partial charge in [0.15, 0.2) is 0 Å². The van der Waals surface area contributed by atoms with Crippen LogP contribution in [0, 0.1) is 6.92 Å². The lowest BCUT2D eigenvalue weighted by Crippen LogP contribution is -2.22. The molecule has 0 fully saturated rings. The molecule has 0 atom stereocenters. The Bertz CT molecular complexity index is 1470. The summed E-state index contributed by atoms with van der Waals surface area (Å²) < 4.78 is 6.75. The number of nitrogens with zero attached hydrogens (tertiary/aromatic N) is 3. The highest BCUT2D eigenvalue weighted by molar-refractivity contribution is 7.20. The smallest absolute Gasteiger partial charge is 0.283 e. The molecule has 0 aliphatic rings. The maximum atomic E-state index is 12.6. The second-order valence-electron chi connectivity index (χ2n) is 6.93. The summed E-state index contributed by atoms with van der Waals surface area (Å²) in [5, 5.41) is 11.4. The number of carbonyl (C=O) groups excluding carboxylic acids is 1. The average molecular weight is 431 g/mol. The zero-order chi connectivity index (χ0) is 21.4. The first kappa shape index (κ1) is 19.0. The number of amides is 1. The van der Waals surface area contributed by atoms with E-state index in [2.05, 4.69) is 20.7 Å². The molecule has 8 nitrogen and oxygen atoms in total. The van der Waals surface area contributed by atoms with Crippen molar-refractivity contribution in [3.8, 4) is 0 Å². The fourth-order valence-corrected chi connectivity index (χ4v) is 4.00. The van der Waals surface area contributed by atoms with Crippen LogP contribution >= 0.6 is 11.3 Å². The van der Waals surface area contributed by atoms with Gasteiger partial charge < -0.3 is 15.1 Å². The highest BCUT2D eigenvalue weighted by atomic mass is 32.1. The van der Waals surface area contributed by atoms with Gasteiger partial charge in [-0.3, -0.25) is 9.59 Å². The van der Waals surface area contributed by atoms with Crippen molar-refractivity contribution in [1.29, 1.82) is 0 Å². The molecule has 9 heteroatoms. The Kier molecular flexibility index (Phi) is 4.72. The predicted octanol–water partition coefficient (Wildman–Crippen LogP) is 3.88. The van der Waals surface area contributed by atoms with E-state index < -0.39 is 0 Å². The summed E-state index contributed by atoms with van der Waals surface area (Å²) in [6.07, 6.45) is 0. The number of carbonyl (C=O) groups is 1. The van der Waals surface area contributed by atoms with Gasteiger partial charge in [-0.25, -0.2) is 4.98 Å². The Balaban J connectivity index is 1.31. The number of rotatable bonds is 5. The Labute approximate surface area is 180 Å². The average Bonchev–Trinajstić information content (AvgIpc) is 3.38. The van der Waals surface area contributed by atoms with E-state index in [1.165, 1.54) is 15.9 Å². The van der Waals surface area contributed by atoms with Crippen LogP contribution in [0.15, 0.2) is 69.9 Å². The van der Waals surface area contributed by atoms with Crippen molar-refractivity contribution in [2.45, 2.75) is 13.5 Å². The van der Waals surface area contributed by atoms with Gasteiger partial charge in [0.25, 0.3) is 11.5 Å². The fourth-order valence-electron chi connectivity index (χ4n) is 3.18. The molecule has 3 aromatic heterocycles. The van der Waals surface area contributed by atoms with Crippen molar-refractivity contribution < 1.29 is 9.21 Å². The van der Waals surface area contributed by atoms with Crippen LogP contribution in [-0.2, 0) is 6.54 Å². The van der Waals surface area contributed by atoms with Crippen LogP contribution < -0.4 is 16.2 Å². The third-order valence-corrected chi connectivity index (χ3v) is 5.54. The van der Waals surface area contributed by atoms with Crippen molar-refractivity contribution in [2.24, 2.45) is 0 Å². The topological polar surface area (TPSA) is 102 Å². The number of nitrogens with one attached hydrogen (secondary N) is 2. The molecule has 0 radical (unpaired) electrons. The summed E-state index contributed by atoms with van der Waals surface area (Å²) in [4.78, 5) is 30.0. The Morgan fingerprint density at radius 1 is 1.10 bits per heavy atom. The normalized spacial score (nSPS) is 11.1. The largest absolute Gasteiger partial charge is 0.465 e. The molecule has 1 amide bonds. The summed E-state index contributed by atoms with van der Waals surface area (Å²) in [5.74, 6) is 1.32. The molecule has 0 aliphatic carbocycles. The van der Waals surface area contributed by atoms with Crippen LogP contribution in [0.4, 0.5) is 10.8 Å². The van der Waals surface area contributed by atoms with Crippen LogP contribution in [0.2, 0.25) is 0 Å². The zero-order valence-electron chi connectivity index (χ0n) is 16.5. The van der Waals surface area contributed by atoms with E-state index in [1.54, 1.807) is 42.5 Å². The summed E-state index contributed by atoms with van der Waals surface area (Å²) in [7, 11) is 0. The van der Waals surface area contributed by atoms with Gasteiger partial charge in [0, 0.05) is 11.3 Å².